The Bertz CT molecular complexity index is 420. The molecule has 0 bridgehead atoms. The second-order valence-corrected chi connectivity index (χ2v) is 6.20. The number of hydrogen-bond donors (Lipinski definition) is 0. The average Bonchev–Trinajstić information content (AvgIpc) is 2.87. The molecule has 1 aliphatic carbocycles. The summed E-state index contributed by atoms with van der Waals surface area (Å²) >= 11 is 3.57. The normalized spacial score (nSPS) is 23.2. The molecule has 1 aliphatic heterocycles. The monoisotopic (exact) mass is 309 g/mol. The predicted molar refractivity (Wildman–Crippen MR) is 77.4 cm³/mol. The molecule has 4 heteroatoms. The number of nitrogens with zero attached hydrogens (tertiary/aromatic N) is 3. The molecule has 3 rings (SSSR count). The minimum Gasteiger partial charge on any atom is -0.356 e. The van der Waals surface area contributed by atoms with E-state index in [1.807, 2.05) is 0 Å². The van der Waals surface area contributed by atoms with Gasteiger partial charge in [0.2, 0.25) is 0 Å². The van der Waals surface area contributed by atoms with Crippen LogP contribution in [0.15, 0.2) is 6.33 Å². The second-order valence-electron chi connectivity index (χ2n) is 5.41. The molecular formula is C14H20BrN3. The Labute approximate surface area is 117 Å². The van der Waals surface area contributed by atoms with Crippen LogP contribution in [0, 0.1) is 5.92 Å². The predicted octanol–water partition coefficient (Wildman–Crippen LogP) is 2.97. The van der Waals surface area contributed by atoms with Crippen LogP contribution in [0.4, 0.5) is 5.82 Å². The molecule has 18 heavy (non-hydrogen) atoms. The molecule has 0 amide bonds. The zero-order valence-electron chi connectivity index (χ0n) is 10.7. The Balaban J connectivity index is 1.80. The van der Waals surface area contributed by atoms with Crippen molar-refractivity contribution < 1.29 is 0 Å². The van der Waals surface area contributed by atoms with Crippen LogP contribution >= 0.6 is 15.9 Å². The first kappa shape index (κ1) is 12.4. The van der Waals surface area contributed by atoms with Gasteiger partial charge in [0, 0.05) is 29.7 Å². The molecule has 2 aliphatic rings. The van der Waals surface area contributed by atoms with Gasteiger partial charge in [0.25, 0.3) is 0 Å². The maximum Gasteiger partial charge on any atom is 0.135 e. The third kappa shape index (κ3) is 2.40. The van der Waals surface area contributed by atoms with E-state index in [2.05, 4.69) is 30.8 Å². The first-order valence-corrected chi connectivity index (χ1v) is 8.14. The lowest BCUT2D eigenvalue weighted by atomic mass is 9.95. The van der Waals surface area contributed by atoms with Crippen molar-refractivity contribution in [3.8, 4) is 0 Å². The van der Waals surface area contributed by atoms with Gasteiger partial charge in [0.1, 0.15) is 12.1 Å². The summed E-state index contributed by atoms with van der Waals surface area (Å²) < 4.78 is 0. The van der Waals surface area contributed by atoms with Crippen molar-refractivity contribution in [2.45, 2.75) is 38.5 Å². The van der Waals surface area contributed by atoms with E-state index in [-0.39, 0.29) is 0 Å². The maximum atomic E-state index is 4.57. The first-order valence-electron chi connectivity index (χ1n) is 7.02. The van der Waals surface area contributed by atoms with Crippen LogP contribution < -0.4 is 4.90 Å². The van der Waals surface area contributed by atoms with E-state index < -0.39 is 0 Å². The minimum absolute atomic E-state index is 0.824. The Hall–Kier alpha value is -0.640. The van der Waals surface area contributed by atoms with Crippen molar-refractivity contribution in [2.75, 3.05) is 23.3 Å². The van der Waals surface area contributed by atoms with Gasteiger partial charge in [0.05, 0.1) is 0 Å². The summed E-state index contributed by atoms with van der Waals surface area (Å²) in [5.41, 5.74) is 2.72. The van der Waals surface area contributed by atoms with Gasteiger partial charge in [-0.25, -0.2) is 9.97 Å². The number of piperidine rings is 1. The van der Waals surface area contributed by atoms with Crippen LogP contribution in [-0.2, 0) is 12.8 Å². The highest BCUT2D eigenvalue weighted by atomic mass is 79.9. The number of anilines is 1. The van der Waals surface area contributed by atoms with E-state index in [0.29, 0.717) is 0 Å². The lowest BCUT2D eigenvalue weighted by Crippen LogP contribution is -2.36. The second kappa shape index (κ2) is 5.55. The van der Waals surface area contributed by atoms with Crippen LogP contribution in [0.5, 0.6) is 0 Å². The third-order valence-electron chi connectivity index (χ3n) is 4.19. The molecule has 0 spiro atoms. The van der Waals surface area contributed by atoms with Crippen molar-refractivity contribution >= 4 is 21.7 Å². The molecule has 1 aromatic heterocycles. The summed E-state index contributed by atoms with van der Waals surface area (Å²) in [6.45, 7) is 2.34. The summed E-state index contributed by atoms with van der Waals surface area (Å²) in [6, 6.07) is 0. The van der Waals surface area contributed by atoms with E-state index in [4.69, 9.17) is 0 Å². The van der Waals surface area contributed by atoms with Crippen LogP contribution in [-0.4, -0.2) is 28.4 Å². The van der Waals surface area contributed by atoms with Crippen LogP contribution in [0.1, 0.15) is 36.9 Å². The Morgan fingerprint density at radius 3 is 3.11 bits per heavy atom. The smallest absolute Gasteiger partial charge is 0.135 e. The molecule has 1 unspecified atom stereocenters. The summed E-state index contributed by atoms with van der Waals surface area (Å²) in [7, 11) is 0. The number of aromatic nitrogens is 2. The van der Waals surface area contributed by atoms with Crippen molar-refractivity contribution in [3.05, 3.63) is 17.6 Å². The van der Waals surface area contributed by atoms with Crippen LogP contribution in [0.3, 0.4) is 0 Å². The Morgan fingerprint density at radius 2 is 2.22 bits per heavy atom. The molecular weight excluding hydrogens is 290 g/mol. The SMILES string of the molecule is BrCCC1CCCN(c2ncnc3c2CCC3)C1. The molecule has 98 valence electrons. The standard InChI is InChI=1S/C14H20BrN3/c15-7-6-11-3-2-8-18(9-11)14-12-4-1-5-13(12)16-10-17-14/h10-11H,1-9H2. The largest absolute Gasteiger partial charge is 0.356 e. The summed E-state index contributed by atoms with van der Waals surface area (Å²) in [5, 5.41) is 1.12. The third-order valence-corrected chi connectivity index (χ3v) is 4.65. The minimum atomic E-state index is 0.824. The highest BCUT2D eigenvalue weighted by Crippen LogP contribution is 2.31. The van der Waals surface area contributed by atoms with Gasteiger partial charge in [-0.2, -0.15) is 0 Å². The summed E-state index contributed by atoms with van der Waals surface area (Å²) in [4.78, 5) is 11.5. The summed E-state index contributed by atoms with van der Waals surface area (Å²) in [6.07, 6.45) is 9.28. The highest BCUT2D eigenvalue weighted by Gasteiger charge is 2.25. The average molecular weight is 310 g/mol. The Morgan fingerprint density at radius 1 is 1.28 bits per heavy atom. The first-order chi connectivity index (χ1) is 8.88. The molecule has 1 fully saturated rings. The molecule has 1 aromatic rings. The van der Waals surface area contributed by atoms with Crippen molar-refractivity contribution in [2.24, 2.45) is 5.92 Å². The zero-order valence-corrected chi connectivity index (χ0v) is 12.3. The molecule has 2 heterocycles. The molecule has 0 radical (unpaired) electrons. The van der Waals surface area contributed by atoms with Crippen molar-refractivity contribution in [3.63, 3.8) is 0 Å². The number of fused-ring (bicyclic) bond motifs is 1. The number of aryl methyl sites for hydroxylation is 1. The fraction of sp³-hybridized carbons (Fsp3) is 0.714. The number of hydrogen-bond acceptors (Lipinski definition) is 3. The molecule has 0 aromatic carbocycles. The molecule has 0 saturated carbocycles. The van der Waals surface area contributed by atoms with Crippen LogP contribution in [0.25, 0.3) is 0 Å². The molecule has 1 saturated heterocycles. The van der Waals surface area contributed by atoms with E-state index >= 15 is 0 Å². The van der Waals surface area contributed by atoms with E-state index in [9.17, 15) is 0 Å². The van der Waals surface area contributed by atoms with E-state index in [1.54, 1.807) is 6.33 Å². The lowest BCUT2D eigenvalue weighted by Gasteiger charge is -2.34. The van der Waals surface area contributed by atoms with Gasteiger partial charge in [-0.15, -0.1) is 0 Å². The van der Waals surface area contributed by atoms with Gasteiger partial charge in [0.15, 0.2) is 0 Å². The summed E-state index contributed by atoms with van der Waals surface area (Å²) in [5.74, 6) is 2.06. The van der Waals surface area contributed by atoms with Gasteiger partial charge < -0.3 is 4.90 Å². The highest BCUT2D eigenvalue weighted by molar-refractivity contribution is 9.09. The van der Waals surface area contributed by atoms with Crippen LogP contribution in [0.2, 0.25) is 0 Å². The maximum absolute atomic E-state index is 4.57. The molecule has 0 N–H and O–H groups in total. The number of rotatable bonds is 3. The van der Waals surface area contributed by atoms with Gasteiger partial charge in [-0.3, -0.25) is 0 Å². The fourth-order valence-corrected chi connectivity index (χ4v) is 3.91. The van der Waals surface area contributed by atoms with E-state index in [0.717, 1.165) is 17.7 Å². The topological polar surface area (TPSA) is 29.0 Å². The van der Waals surface area contributed by atoms with Gasteiger partial charge in [-0.1, -0.05) is 15.9 Å². The van der Waals surface area contributed by atoms with E-state index in [1.165, 1.54) is 62.3 Å². The Kier molecular flexibility index (Phi) is 3.83. The van der Waals surface area contributed by atoms with Crippen molar-refractivity contribution in [1.82, 2.24) is 9.97 Å². The fourth-order valence-electron chi connectivity index (χ4n) is 3.26. The molecule has 3 nitrogen and oxygen atoms in total. The molecule has 1 atom stereocenters. The quantitative estimate of drug-likeness (QED) is 0.804. The lowest BCUT2D eigenvalue weighted by molar-refractivity contribution is 0.405. The van der Waals surface area contributed by atoms with Crippen molar-refractivity contribution in [1.29, 1.82) is 0 Å². The van der Waals surface area contributed by atoms with Gasteiger partial charge >= 0.3 is 0 Å². The van der Waals surface area contributed by atoms with Gasteiger partial charge in [-0.05, 0) is 44.4 Å². The number of halogens is 1. The zero-order chi connectivity index (χ0) is 12.4. The number of alkyl halides is 1.